The van der Waals surface area contributed by atoms with E-state index in [0.717, 1.165) is 49.2 Å². The third-order valence-corrected chi connectivity index (χ3v) is 5.46. The highest BCUT2D eigenvalue weighted by atomic mass is 35.5. The summed E-state index contributed by atoms with van der Waals surface area (Å²) in [6, 6.07) is 15.2. The lowest BCUT2D eigenvalue weighted by molar-refractivity contribution is -0.144. The third-order valence-electron chi connectivity index (χ3n) is 5.23. The van der Waals surface area contributed by atoms with Crippen LogP contribution in [0.15, 0.2) is 54.7 Å². The van der Waals surface area contributed by atoms with Crippen molar-refractivity contribution in [3.05, 3.63) is 70.9 Å². The molecule has 0 bridgehead atoms. The van der Waals surface area contributed by atoms with Crippen LogP contribution in [0.25, 0.3) is 10.9 Å². The highest BCUT2D eigenvalue weighted by Crippen LogP contribution is 2.31. The van der Waals surface area contributed by atoms with Gasteiger partial charge in [-0.1, -0.05) is 41.9 Å². The van der Waals surface area contributed by atoms with E-state index in [9.17, 15) is 9.90 Å². The van der Waals surface area contributed by atoms with E-state index in [1.54, 1.807) is 6.20 Å². The van der Waals surface area contributed by atoms with Gasteiger partial charge in [-0.3, -0.25) is 14.6 Å². The Morgan fingerprint density at radius 2 is 1.85 bits per heavy atom. The van der Waals surface area contributed by atoms with Gasteiger partial charge >= 0.3 is 5.97 Å². The maximum absolute atomic E-state index is 12.1. The third kappa shape index (κ3) is 3.86. The molecule has 0 aliphatic carbocycles. The van der Waals surface area contributed by atoms with Gasteiger partial charge in [0.2, 0.25) is 0 Å². The number of hydrogen-bond donors (Lipinski definition) is 2. The highest BCUT2D eigenvalue weighted by Gasteiger charge is 2.32. The average Bonchev–Trinajstić information content (AvgIpc) is 3.07. The van der Waals surface area contributed by atoms with Crippen molar-refractivity contribution in [1.29, 1.82) is 0 Å². The molecule has 2 N–H and O–H groups in total. The second kappa shape index (κ2) is 7.72. The van der Waals surface area contributed by atoms with Crippen molar-refractivity contribution < 1.29 is 9.90 Å². The number of rotatable bonds is 5. The van der Waals surface area contributed by atoms with Gasteiger partial charge in [-0.2, -0.15) is 0 Å². The number of H-pyrrole nitrogens is 1. The number of aromatic amines is 1. The summed E-state index contributed by atoms with van der Waals surface area (Å²) >= 11 is 6.13. The largest absolute Gasteiger partial charge is 0.480 e. The molecule has 0 amide bonds. The zero-order valence-electron chi connectivity index (χ0n) is 14.9. The van der Waals surface area contributed by atoms with Gasteiger partial charge in [0.15, 0.2) is 0 Å². The van der Waals surface area contributed by atoms with Crippen LogP contribution >= 0.6 is 11.6 Å². The number of nitrogens with one attached hydrogen (secondary N) is 1. The fourth-order valence-corrected chi connectivity index (χ4v) is 4.02. The summed E-state index contributed by atoms with van der Waals surface area (Å²) in [5.74, 6) is -0.826. The first kappa shape index (κ1) is 18.0. The summed E-state index contributed by atoms with van der Waals surface area (Å²) in [4.78, 5) is 19.7. The van der Waals surface area contributed by atoms with Crippen molar-refractivity contribution in [2.24, 2.45) is 0 Å². The van der Waals surface area contributed by atoms with Crippen LogP contribution in [0.4, 0.5) is 0 Å². The molecule has 1 saturated heterocycles. The molecule has 27 heavy (non-hydrogen) atoms. The molecule has 5 nitrogen and oxygen atoms in total. The van der Waals surface area contributed by atoms with Crippen LogP contribution in [-0.4, -0.2) is 52.0 Å². The van der Waals surface area contributed by atoms with Crippen molar-refractivity contribution >= 4 is 28.5 Å². The Balaban J connectivity index is 1.50. The van der Waals surface area contributed by atoms with Gasteiger partial charge in [0.1, 0.15) is 6.04 Å². The number of fused-ring (bicyclic) bond motifs is 1. The first-order chi connectivity index (χ1) is 13.1. The fraction of sp³-hybridized carbons (Fsp3) is 0.286. The monoisotopic (exact) mass is 383 g/mol. The normalized spacial score (nSPS) is 17.2. The molecule has 0 saturated carbocycles. The molecule has 1 aliphatic rings. The van der Waals surface area contributed by atoms with Crippen LogP contribution in [0, 0.1) is 0 Å². The maximum atomic E-state index is 12.1. The predicted octanol–water partition coefficient (Wildman–Crippen LogP) is 3.76. The SMILES string of the molecule is O=C(O)[C@H](c1c[nH]c2ccc(Cl)cc12)N1CCN(Cc2ccccc2)CC1. The fourth-order valence-electron chi connectivity index (χ4n) is 3.85. The smallest absolute Gasteiger partial charge is 0.325 e. The first-order valence-electron chi connectivity index (χ1n) is 9.11. The van der Waals surface area contributed by atoms with Crippen molar-refractivity contribution in [3.63, 3.8) is 0 Å². The minimum atomic E-state index is -0.826. The lowest BCUT2D eigenvalue weighted by atomic mass is 10.0. The summed E-state index contributed by atoms with van der Waals surface area (Å²) in [5.41, 5.74) is 2.96. The van der Waals surface area contributed by atoms with Gasteiger partial charge in [-0.15, -0.1) is 0 Å². The number of piperazine rings is 1. The molecular formula is C21H22ClN3O2. The van der Waals surface area contributed by atoms with Crippen LogP contribution in [0.2, 0.25) is 5.02 Å². The summed E-state index contributed by atoms with van der Waals surface area (Å²) in [6.45, 7) is 4.03. The van der Waals surface area contributed by atoms with Crippen molar-refractivity contribution in [2.75, 3.05) is 26.2 Å². The minimum absolute atomic E-state index is 0.611. The van der Waals surface area contributed by atoms with Crippen LogP contribution in [0.5, 0.6) is 0 Å². The summed E-state index contributed by atoms with van der Waals surface area (Å²) in [7, 11) is 0. The van der Waals surface area contributed by atoms with Crippen LogP contribution in [0.3, 0.4) is 0 Å². The number of aromatic nitrogens is 1. The van der Waals surface area contributed by atoms with Gasteiger partial charge in [-0.25, -0.2) is 0 Å². The second-order valence-electron chi connectivity index (χ2n) is 6.97. The number of halogens is 1. The number of carboxylic acid groups (broad SMARTS) is 1. The topological polar surface area (TPSA) is 59.6 Å². The lowest BCUT2D eigenvalue weighted by Crippen LogP contribution is -2.48. The van der Waals surface area contributed by atoms with E-state index in [1.807, 2.05) is 41.3 Å². The van der Waals surface area contributed by atoms with Gasteiger partial charge < -0.3 is 10.1 Å². The molecule has 0 spiro atoms. The van der Waals surface area contributed by atoms with E-state index < -0.39 is 12.0 Å². The summed E-state index contributed by atoms with van der Waals surface area (Å²) < 4.78 is 0. The zero-order valence-corrected chi connectivity index (χ0v) is 15.7. The number of benzene rings is 2. The molecule has 140 valence electrons. The van der Waals surface area contributed by atoms with E-state index in [4.69, 9.17) is 11.6 Å². The van der Waals surface area contributed by atoms with Gasteiger partial charge in [0.25, 0.3) is 0 Å². The molecule has 2 heterocycles. The second-order valence-corrected chi connectivity index (χ2v) is 7.41. The predicted molar refractivity (Wildman–Crippen MR) is 107 cm³/mol. The Morgan fingerprint density at radius 1 is 1.11 bits per heavy atom. The van der Waals surface area contributed by atoms with E-state index in [0.29, 0.717) is 5.02 Å². The molecule has 1 aliphatic heterocycles. The molecule has 4 rings (SSSR count). The molecule has 1 atom stereocenters. The molecule has 2 aromatic carbocycles. The number of carbonyl (C=O) groups is 1. The van der Waals surface area contributed by atoms with E-state index in [1.165, 1.54) is 5.56 Å². The number of hydrogen-bond acceptors (Lipinski definition) is 3. The molecule has 0 radical (unpaired) electrons. The van der Waals surface area contributed by atoms with E-state index in [2.05, 4.69) is 22.0 Å². The summed E-state index contributed by atoms with van der Waals surface area (Å²) in [5, 5.41) is 11.4. The number of carboxylic acids is 1. The van der Waals surface area contributed by atoms with E-state index in [-0.39, 0.29) is 0 Å². The quantitative estimate of drug-likeness (QED) is 0.704. The Kier molecular flexibility index (Phi) is 5.16. The molecule has 6 heteroatoms. The Labute approximate surface area is 163 Å². The number of aliphatic carboxylic acids is 1. The zero-order chi connectivity index (χ0) is 18.8. The Bertz CT molecular complexity index is 933. The van der Waals surface area contributed by atoms with Crippen molar-refractivity contribution in [3.8, 4) is 0 Å². The maximum Gasteiger partial charge on any atom is 0.325 e. The molecule has 3 aromatic rings. The van der Waals surface area contributed by atoms with Gasteiger partial charge in [0, 0.05) is 60.4 Å². The standard InChI is InChI=1S/C21H22ClN3O2/c22-16-6-7-19-17(12-16)18(13-23-19)20(21(26)27)25-10-8-24(9-11-25)14-15-4-2-1-3-5-15/h1-7,12-13,20,23H,8-11,14H2,(H,26,27)/t20-/m0/s1. The van der Waals surface area contributed by atoms with Crippen LogP contribution in [-0.2, 0) is 11.3 Å². The molecule has 0 unspecified atom stereocenters. The first-order valence-corrected chi connectivity index (χ1v) is 9.49. The minimum Gasteiger partial charge on any atom is -0.480 e. The lowest BCUT2D eigenvalue weighted by Gasteiger charge is -2.37. The molecular weight excluding hydrogens is 362 g/mol. The van der Waals surface area contributed by atoms with E-state index >= 15 is 0 Å². The van der Waals surface area contributed by atoms with Crippen LogP contribution < -0.4 is 0 Å². The molecule has 1 fully saturated rings. The van der Waals surface area contributed by atoms with Gasteiger partial charge in [0.05, 0.1) is 0 Å². The molecule has 1 aromatic heterocycles. The average molecular weight is 384 g/mol. The van der Waals surface area contributed by atoms with Crippen molar-refractivity contribution in [1.82, 2.24) is 14.8 Å². The van der Waals surface area contributed by atoms with Crippen molar-refractivity contribution in [2.45, 2.75) is 12.6 Å². The van der Waals surface area contributed by atoms with Gasteiger partial charge in [-0.05, 0) is 23.8 Å². The Hall–Kier alpha value is -2.34. The number of nitrogens with zero attached hydrogens (tertiary/aromatic N) is 2. The Morgan fingerprint density at radius 3 is 2.56 bits per heavy atom. The van der Waals surface area contributed by atoms with Crippen LogP contribution in [0.1, 0.15) is 17.2 Å². The summed E-state index contributed by atoms with van der Waals surface area (Å²) in [6.07, 6.45) is 1.80. The highest BCUT2D eigenvalue weighted by molar-refractivity contribution is 6.31.